The summed E-state index contributed by atoms with van der Waals surface area (Å²) < 4.78 is 16.2. The van der Waals surface area contributed by atoms with E-state index in [4.69, 9.17) is 14.0 Å². The Morgan fingerprint density at radius 3 is 2.24 bits per heavy atom. The summed E-state index contributed by atoms with van der Waals surface area (Å²) in [6.07, 6.45) is 1.52. The van der Waals surface area contributed by atoms with E-state index < -0.39 is 5.41 Å². The first kappa shape index (κ1) is 19.3. The van der Waals surface area contributed by atoms with Crippen molar-refractivity contribution in [2.24, 2.45) is 0 Å². The molecule has 1 aromatic heterocycles. The number of rotatable bonds is 5. The molecule has 2 aromatic rings. The molecule has 1 aliphatic heterocycles. The van der Waals surface area contributed by atoms with E-state index in [1.54, 1.807) is 26.0 Å². The SMILES string of the molecule is COc1ccc(-c2cc(C3(C(=O)N4CCN(C(C)=O)CC4)CC3)no2)cc1OC. The van der Waals surface area contributed by atoms with Crippen LogP contribution in [-0.2, 0) is 15.0 Å². The number of hydrogen-bond acceptors (Lipinski definition) is 6. The number of nitrogens with zero attached hydrogens (tertiary/aromatic N) is 3. The minimum Gasteiger partial charge on any atom is -0.493 e. The van der Waals surface area contributed by atoms with Gasteiger partial charge in [-0.25, -0.2) is 0 Å². The summed E-state index contributed by atoms with van der Waals surface area (Å²) in [5.74, 6) is 1.95. The molecule has 1 aromatic carbocycles. The smallest absolute Gasteiger partial charge is 0.235 e. The van der Waals surface area contributed by atoms with Gasteiger partial charge in [0.1, 0.15) is 0 Å². The standard InChI is InChI=1S/C21H25N3O5/c1-14(25)23-8-10-24(11-9-23)20(26)21(6-7-21)19-13-17(29-22-19)15-4-5-16(27-2)18(12-15)28-3/h4-5,12-13H,6-11H2,1-3H3. The highest BCUT2D eigenvalue weighted by Crippen LogP contribution is 2.50. The predicted molar refractivity (Wildman–Crippen MR) is 105 cm³/mol. The van der Waals surface area contributed by atoms with Gasteiger partial charge in [0, 0.05) is 44.7 Å². The molecule has 2 heterocycles. The first-order valence-corrected chi connectivity index (χ1v) is 9.73. The van der Waals surface area contributed by atoms with Crippen LogP contribution in [0.4, 0.5) is 0 Å². The second-order valence-corrected chi connectivity index (χ2v) is 7.53. The Morgan fingerprint density at radius 1 is 1.00 bits per heavy atom. The van der Waals surface area contributed by atoms with E-state index in [0.29, 0.717) is 49.1 Å². The van der Waals surface area contributed by atoms with E-state index in [2.05, 4.69) is 5.16 Å². The van der Waals surface area contributed by atoms with Crippen LogP contribution in [0, 0.1) is 0 Å². The minimum absolute atomic E-state index is 0.0503. The van der Waals surface area contributed by atoms with Crippen LogP contribution in [0.15, 0.2) is 28.8 Å². The maximum absolute atomic E-state index is 13.2. The quantitative estimate of drug-likeness (QED) is 0.765. The molecule has 0 radical (unpaired) electrons. The molecule has 2 aliphatic rings. The number of piperazine rings is 1. The third-order valence-electron chi connectivity index (χ3n) is 5.84. The van der Waals surface area contributed by atoms with Crippen molar-refractivity contribution in [2.75, 3.05) is 40.4 Å². The Hall–Kier alpha value is -3.03. The molecule has 1 saturated heterocycles. The van der Waals surface area contributed by atoms with Gasteiger partial charge in [-0.05, 0) is 31.0 Å². The molecule has 0 spiro atoms. The molecule has 8 nitrogen and oxygen atoms in total. The number of aromatic nitrogens is 1. The molecule has 4 rings (SSSR count). The van der Waals surface area contributed by atoms with Gasteiger partial charge in [-0.1, -0.05) is 5.16 Å². The van der Waals surface area contributed by atoms with Crippen molar-refractivity contribution in [3.8, 4) is 22.8 Å². The minimum atomic E-state index is -0.600. The molecule has 154 valence electrons. The molecule has 2 amide bonds. The summed E-state index contributed by atoms with van der Waals surface area (Å²) in [6.45, 7) is 3.83. The highest BCUT2D eigenvalue weighted by atomic mass is 16.5. The van der Waals surface area contributed by atoms with Crippen LogP contribution in [0.3, 0.4) is 0 Å². The zero-order valence-electron chi connectivity index (χ0n) is 16.9. The van der Waals surface area contributed by atoms with E-state index in [1.165, 1.54) is 0 Å². The second-order valence-electron chi connectivity index (χ2n) is 7.53. The van der Waals surface area contributed by atoms with Crippen LogP contribution >= 0.6 is 0 Å². The fourth-order valence-electron chi connectivity index (χ4n) is 3.86. The fraction of sp³-hybridized carbons (Fsp3) is 0.476. The highest BCUT2D eigenvalue weighted by molar-refractivity contribution is 5.91. The van der Waals surface area contributed by atoms with Crippen molar-refractivity contribution < 1.29 is 23.6 Å². The number of methoxy groups -OCH3 is 2. The molecule has 0 unspecified atom stereocenters. The fourth-order valence-corrected chi connectivity index (χ4v) is 3.86. The highest BCUT2D eigenvalue weighted by Gasteiger charge is 2.55. The molecule has 1 aliphatic carbocycles. The average molecular weight is 399 g/mol. The third kappa shape index (κ3) is 3.43. The maximum Gasteiger partial charge on any atom is 0.235 e. The Bertz CT molecular complexity index is 926. The lowest BCUT2D eigenvalue weighted by molar-refractivity contribution is -0.140. The van der Waals surface area contributed by atoms with Gasteiger partial charge in [0.25, 0.3) is 0 Å². The van der Waals surface area contributed by atoms with Gasteiger partial charge in [-0.15, -0.1) is 0 Å². The molecule has 1 saturated carbocycles. The van der Waals surface area contributed by atoms with E-state index in [0.717, 1.165) is 18.4 Å². The van der Waals surface area contributed by atoms with Crippen molar-refractivity contribution in [3.63, 3.8) is 0 Å². The average Bonchev–Trinajstić information content (AvgIpc) is 3.41. The van der Waals surface area contributed by atoms with Crippen molar-refractivity contribution in [1.29, 1.82) is 0 Å². The second kappa shape index (κ2) is 7.42. The molecule has 8 heteroatoms. The van der Waals surface area contributed by atoms with Crippen LogP contribution in [0.1, 0.15) is 25.5 Å². The molecule has 2 fully saturated rings. The predicted octanol–water partition coefficient (Wildman–Crippen LogP) is 2.08. The van der Waals surface area contributed by atoms with Crippen molar-refractivity contribution in [3.05, 3.63) is 30.0 Å². The Balaban J connectivity index is 1.52. The van der Waals surface area contributed by atoms with E-state index in [1.807, 2.05) is 29.2 Å². The number of hydrogen-bond donors (Lipinski definition) is 0. The van der Waals surface area contributed by atoms with Gasteiger partial charge in [0.2, 0.25) is 11.8 Å². The zero-order valence-corrected chi connectivity index (χ0v) is 16.9. The Morgan fingerprint density at radius 2 is 1.66 bits per heavy atom. The topological polar surface area (TPSA) is 85.1 Å². The zero-order chi connectivity index (χ0) is 20.6. The van der Waals surface area contributed by atoms with Crippen LogP contribution in [0.5, 0.6) is 11.5 Å². The molecule has 0 bridgehead atoms. The molecule has 29 heavy (non-hydrogen) atoms. The number of ether oxygens (including phenoxy) is 2. The van der Waals surface area contributed by atoms with Gasteiger partial charge in [0.15, 0.2) is 17.3 Å². The molecular weight excluding hydrogens is 374 g/mol. The van der Waals surface area contributed by atoms with Crippen LogP contribution in [-0.4, -0.2) is 67.2 Å². The summed E-state index contributed by atoms with van der Waals surface area (Å²) in [7, 11) is 3.17. The number of amides is 2. The van der Waals surface area contributed by atoms with E-state index in [-0.39, 0.29) is 11.8 Å². The van der Waals surface area contributed by atoms with Crippen LogP contribution < -0.4 is 9.47 Å². The molecule has 0 N–H and O–H groups in total. The maximum atomic E-state index is 13.2. The first-order valence-electron chi connectivity index (χ1n) is 9.73. The lowest BCUT2D eigenvalue weighted by atomic mass is 9.99. The van der Waals surface area contributed by atoms with Gasteiger partial charge >= 0.3 is 0 Å². The van der Waals surface area contributed by atoms with Gasteiger partial charge in [-0.3, -0.25) is 9.59 Å². The van der Waals surface area contributed by atoms with Crippen LogP contribution in [0.25, 0.3) is 11.3 Å². The monoisotopic (exact) mass is 399 g/mol. The number of carbonyl (C=O) groups excluding carboxylic acids is 2. The normalized spacial score (nSPS) is 17.8. The summed E-state index contributed by atoms with van der Waals surface area (Å²) in [5, 5.41) is 4.22. The Kier molecular flexibility index (Phi) is 4.94. The summed E-state index contributed by atoms with van der Waals surface area (Å²) in [4.78, 5) is 28.3. The number of benzene rings is 1. The Labute approximate surface area is 169 Å². The van der Waals surface area contributed by atoms with E-state index in [9.17, 15) is 9.59 Å². The summed E-state index contributed by atoms with van der Waals surface area (Å²) in [6, 6.07) is 7.35. The van der Waals surface area contributed by atoms with Crippen LogP contribution in [0.2, 0.25) is 0 Å². The summed E-state index contributed by atoms with van der Waals surface area (Å²) >= 11 is 0. The summed E-state index contributed by atoms with van der Waals surface area (Å²) in [5.41, 5.74) is 0.873. The lowest BCUT2D eigenvalue weighted by Gasteiger charge is -2.35. The third-order valence-corrected chi connectivity index (χ3v) is 5.84. The van der Waals surface area contributed by atoms with E-state index >= 15 is 0 Å². The molecule has 0 atom stereocenters. The van der Waals surface area contributed by atoms with Gasteiger partial charge in [0.05, 0.1) is 25.3 Å². The van der Waals surface area contributed by atoms with Gasteiger partial charge < -0.3 is 23.8 Å². The van der Waals surface area contributed by atoms with Crippen molar-refractivity contribution in [1.82, 2.24) is 15.0 Å². The largest absolute Gasteiger partial charge is 0.493 e. The number of carbonyl (C=O) groups is 2. The van der Waals surface area contributed by atoms with Gasteiger partial charge in [-0.2, -0.15) is 0 Å². The lowest BCUT2D eigenvalue weighted by Crippen LogP contribution is -2.52. The first-order chi connectivity index (χ1) is 14.0. The van der Waals surface area contributed by atoms with Crippen molar-refractivity contribution in [2.45, 2.75) is 25.2 Å². The molecular formula is C21H25N3O5. The van der Waals surface area contributed by atoms with Crippen molar-refractivity contribution >= 4 is 11.8 Å².